The third-order valence-electron chi connectivity index (χ3n) is 3.11. The molecule has 0 N–H and O–H groups in total. The highest BCUT2D eigenvalue weighted by molar-refractivity contribution is 5.32. The molecule has 1 saturated carbocycles. The lowest BCUT2D eigenvalue weighted by molar-refractivity contribution is 0.135. The molecule has 0 aliphatic heterocycles. The minimum absolute atomic E-state index is 0.298. The van der Waals surface area contributed by atoms with Gasteiger partial charge in [0.2, 0.25) is 0 Å². The van der Waals surface area contributed by atoms with E-state index in [-0.39, 0.29) is 0 Å². The fourth-order valence-corrected chi connectivity index (χ4v) is 2.08. The SMILES string of the molecule is CC1CCC(Oc2cncc(C#N)c2)CC1. The first-order valence-corrected chi connectivity index (χ1v) is 5.79. The van der Waals surface area contributed by atoms with E-state index in [0.717, 1.165) is 24.5 Å². The first-order chi connectivity index (χ1) is 7.78. The van der Waals surface area contributed by atoms with Crippen molar-refractivity contribution in [2.75, 3.05) is 0 Å². The first kappa shape index (κ1) is 10.9. The minimum atomic E-state index is 0.298. The lowest BCUT2D eigenvalue weighted by Crippen LogP contribution is -2.23. The molecule has 3 nitrogen and oxygen atoms in total. The van der Waals surface area contributed by atoms with Gasteiger partial charge in [-0.2, -0.15) is 5.26 Å². The van der Waals surface area contributed by atoms with Crippen molar-refractivity contribution in [2.24, 2.45) is 5.92 Å². The zero-order valence-electron chi connectivity index (χ0n) is 9.52. The van der Waals surface area contributed by atoms with Gasteiger partial charge in [0.25, 0.3) is 0 Å². The lowest BCUT2D eigenvalue weighted by atomic mass is 9.89. The molecule has 1 aliphatic rings. The fraction of sp³-hybridized carbons (Fsp3) is 0.538. The predicted molar refractivity (Wildman–Crippen MR) is 61.0 cm³/mol. The van der Waals surface area contributed by atoms with E-state index in [2.05, 4.69) is 18.0 Å². The summed E-state index contributed by atoms with van der Waals surface area (Å²) in [5, 5.41) is 8.76. The largest absolute Gasteiger partial charge is 0.489 e. The first-order valence-electron chi connectivity index (χ1n) is 5.79. The van der Waals surface area contributed by atoms with Gasteiger partial charge in [-0.3, -0.25) is 4.98 Å². The molecule has 0 bridgehead atoms. The Labute approximate surface area is 96.1 Å². The van der Waals surface area contributed by atoms with Crippen molar-refractivity contribution >= 4 is 0 Å². The molecule has 0 atom stereocenters. The third kappa shape index (κ3) is 2.73. The van der Waals surface area contributed by atoms with E-state index in [1.807, 2.05) is 0 Å². The highest BCUT2D eigenvalue weighted by Gasteiger charge is 2.19. The molecule has 16 heavy (non-hydrogen) atoms. The Morgan fingerprint density at radius 1 is 1.31 bits per heavy atom. The van der Waals surface area contributed by atoms with Crippen molar-refractivity contribution < 1.29 is 4.74 Å². The second kappa shape index (κ2) is 4.98. The summed E-state index contributed by atoms with van der Waals surface area (Å²) in [6, 6.07) is 3.82. The molecule has 0 unspecified atom stereocenters. The van der Waals surface area contributed by atoms with E-state index in [9.17, 15) is 0 Å². The quantitative estimate of drug-likeness (QED) is 0.763. The van der Waals surface area contributed by atoms with Crippen LogP contribution in [-0.4, -0.2) is 11.1 Å². The van der Waals surface area contributed by atoms with Gasteiger partial charge in [0.15, 0.2) is 0 Å². The van der Waals surface area contributed by atoms with Gasteiger partial charge in [0.1, 0.15) is 11.8 Å². The topological polar surface area (TPSA) is 45.9 Å². The maximum atomic E-state index is 8.76. The molecule has 1 aliphatic carbocycles. The molecule has 0 amide bonds. The fourth-order valence-electron chi connectivity index (χ4n) is 2.08. The van der Waals surface area contributed by atoms with Gasteiger partial charge in [-0.15, -0.1) is 0 Å². The molecule has 3 heteroatoms. The van der Waals surface area contributed by atoms with Crippen molar-refractivity contribution in [3.05, 3.63) is 24.0 Å². The molecule has 0 radical (unpaired) electrons. The normalized spacial score (nSPS) is 24.8. The smallest absolute Gasteiger partial charge is 0.139 e. The molecule has 1 aromatic heterocycles. The van der Waals surface area contributed by atoms with Crippen molar-refractivity contribution in [3.8, 4) is 11.8 Å². The molecule has 0 saturated heterocycles. The van der Waals surface area contributed by atoms with Crippen molar-refractivity contribution in [2.45, 2.75) is 38.7 Å². The standard InChI is InChI=1S/C13H16N2O/c1-10-2-4-12(5-3-10)16-13-6-11(7-14)8-15-9-13/h6,8-10,12H,2-5H2,1H3. The number of hydrogen-bond donors (Lipinski definition) is 0. The van der Waals surface area contributed by atoms with E-state index in [4.69, 9.17) is 10.00 Å². The number of nitrogens with zero attached hydrogens (tertiary/aromatic N) is 2. The van der Waals surface area contributed by atoms with Gasteiger partial charge in [-0.05, 0) is 31.6 Å². The van der Waals surface area contributed by atoms with Gasteiger partial charge in [-0.1, -0.05) is 6.92 Å². The molecule has 1 aromatic rings. The summed E-state index contributed by atoms with van der Waals surface area (Å²) in [5.41, 5.74) is 0.557. The van der Waals surface area contributed by atoms with Crippen LogP contribution in [0.3, 0.4) is 0 Å². The summed E-state index contributed by atoms with van der Waals surface area (Å²) < 4.78 is 5.83. The molecule has 84 valence electrons. The predicted octanol–water partition coefficient (Wildman–Crippen LogP) is 2.91. The molecule has 0 aromatic carbocycles. The van der Waals surface area contributed by atoms with Crippen molar-refractivity contribution in [1.29, 1.82) is 5.26 Å². The number of aromatic nitrogens is 1. The zero-order valence-corrected chi connectivity index (χ0v) is 9.52. The van der Waals surface area contributed by atoms with E-state index >= 15 is 0 Å². The van der Waals surface area contributed by atoms with Gasteiger partial charge in [0, 0.05) is 12.3 Å². The molecular weight excluding hydrogens is 200 g/mol. The van der Waals surface area contributed by atoms with E-state index in [1.165, 1.54) is 12.8 Å². The van der Waals surface area contributed by atoms with Crippen LogP contribution in [0.2, 0.25) is 0 Å². The molecule has 2 rings (SSSR count). The minimum Gasteiger partial charge on any atom is -0.489 e. The highest BCUT2D eigenvalue weighted by Crippen LogP contribution is 2.27. The van der Waals surface area contributed by atoms with Crippen LogP contribution in [0, 0.1) is 17.2 Å². The summed E-state index contributed by atoms with van der Waals surface area (Å²) in [6.07, 6.45) is 8.21. The van der Waals surface area contributed by atoms with E-state index < -0.39 is 0 Å². The maximum absolute atomic E-state index is 8.76. The Hall–Kier alpha value is -1.56. The van der Waals surface area contributed by atoms with Gasteiger partial charge in [-0.25, -0.2) is 0 Å². The number of ether oxygens (including phenoxy) is 1. The van der Waals surface area contributed by atoms with Gasteiger partial charge >= 0.3 is 0 Å². The Balaban J connectivity index is 1.96. The Bertz CT molecular complexity index is 389. The summed E-state index contributed by atoms with van der Waals surface area (Å²) in [4.78, 5) is 3.99. The maximum Gasteiger partial charge on any atom is 0.139 e. The zero-order chi connectivity index (χ0) is 11.4. The van der Waals surface area contributed by atoms with Crippen molar-refractivity contribution in [3.63, 3.8) is 0 Å². The van der Waals surface area contributed by atoms with Gasteiger partial charge < -0.3 is 4.74 Å². The summed E-state index contributed by atoms with van der Waals surface area (Å²) in [5.74, 6) is 1.54. The van der Waals surface area contributed by atoms with Crippen LogP contribution < -0.4 is 4.74 Å². The van der Waals surface area contributed by atoms with Crippen molar-refractivity contribution in [1.82, 2.24) is 4.98 Å². The van der Waals surface area contributed by atoms with Crippen LogP contribution in [0.15, 0.2) is 18.5 Å². The van der Waals surface area contributed by atoms with E-state index in [1.54, 1.807) is 18.5 Å². The van der Waals surface area contributed by atoms with Crippen LogP contribution >= 0.6 is 0 Å². The Morgan fingerprint density at radius 3 is 2.75 bits per heavy atom. The number of pyridine rings is 1. The molecule has 0 spiro atoms. The highest BCUT2D eigenvalue weighted by atomic mass is 16.5. The molecular formula is C13H16N2O. The molecule has 1 fully saturated rings. The number of rotatable bonds is 2. The lowest BCUT2D eigenvalue weighted by Gasteiger charge is -2.26. The van der Waals surface area contributed by atoms with Gasteiger partial charge in [0.05, 0.1) is 17.9 Å². The van der Waals surface area contributed by atoms with E-state index in [0.29, 0.717) is 11.7 Å². The van der Waals surface area contributed by atoms with Crippen LogP contribution in [0.1, 0.15) is 38.2 Å². The van der Waals surface area contributed by atoms with Crippen LogP contribution in [0.25, 0.3) is 0 Å². The summed E-state index contributed by atoms with van der Waals surface area (Å²) >= 11 is 0. The number of nitriles is 1. The Kier molecular flexibility index (Phi) is 3.40. The third-order valence-corrected chi connectivity index (χ3v) is 3.11. The number of hydrogen-bond acceptors (Lipinski definition) is 3. The second-order valence-electron chi connectivity index (χ2n) is 4.52. The van der Waals surface area contributed by atoms with Crippen LogP contribution in [0.4, 0.5) is 0 Å². The van der Waals surface area contributed by atoms with Crippen LogP contribution in [-0.2, 0) is 0 Å². The average molecular weight is 216 g/mol. The molecule has 1 heterocycles. The second-order valence-corrected chi connectivity index (χ2v) is 4.52. The van der Waals surface area contributed by atoms with Crippen LogP contribution in [0.5, 0.6) is 5.75 Å². The Morgan fingerprint density at radius 2 is 2.06 bits per heavy atom. The monoisotopic (exact) mass is 216 g/mol. The average Bonchev–Trinajstić information content (AvgIpc) is 2.32. The summed E-state index contributed by atoms with van der Waals surface area (Å²) in [7, 11) is 0. The summed E-state index contributed by atoms with van der Waals surface area (Å²) in [6.45, 7) is 2.29.